The Morgan fingerprint density at radius 3 is 2.78 bits per heavy atom. The molecule has 18 heavy (non-hydrogen) atoms. The van der Waals surface area contributed by atoms with E-state index < -0.39 is 0 Å². The van der Waals surface area contributed by atoms with Gasteiger partial charge < -0.3 is 14.5 Å². The molecule has 1 aromatic rings. The highest BCUT2D eigenvalue weighted by molar-refractivity contribution is 7.99. The number of esters is 1. The van der Waals surface area contributed by atoms with Crippen molar-refractivity contribution >= 4 is 17.7 Å². The highest BCUT2D eigenvalue weighted by atomic mass is 32.2. The van der Waals surface area contributed by atoms with Gasteiger partial charge in [-0.15, -0.1) is 0 Å². The third-order valence-electron chi connectivity index (χ3n) is 2.51. The molecule has 0 aliphatic carbocycles. The van der Waals surface area contributed by atoms with Gasteiger partial charge in [0.25, 0.3) is 5.22 Å². The van der Waals surface area contributed by atoms with Gasteiger partial charge in [0, 0.05) is 5.75 Å². The molecule has 102 valence electrons. The molecule has 1 heterocycles. The Balaban J connectivity index is 2.52. The van der Waals surface area contributed by atoms with Crippen molar-refractivity contribution in [1.29, 1.82) is 0 Å². The zero-order chi connectivity index (χ0) is 13.5. The lowest BCUT2D eigenvalue weighted by molar-refractivity contribution is -0.142. The van der Waals surface area contributed by atoms with Gasteiger partial charge in [-0.25, -0.2) is 4.98 Å². The Labute approximate surface area is 112 Å². The van der Waals surface area contributed by atoms with Crippen molar-refractivity contribution in [3.05, 3.63) is 11.5 Å². The van der Waals surface area contributed by atoms with Crippen molar-refractivity contribution < 1.29 is 13.9 Å². The summed E-state index contributed by atoms with van der Waals surface area (Å²) < 4.78 is 10.2. The quantitative estimate of drug-likeness (QED) is 0.604. The first-order chi connectivity index (χ1) is 8.58. The minimum absolute atomic E-state index is 0.254. The van der Waals surface area contributed by atoms with Gasteiger partial charge in [0.1, 0.15) is 11.8 Å². The van der Waals surface area contributed by atoms with Crippen molar-refractivity contribution in [3.63, 3.8) is 0 Å². The van der Waals surface area contributed by atoms with E-state index in [-0.39, 0.29) is 12.0 Å². The van der Waals surface area contributed by atoms with E-state index in [9.17, 15) is 4.79 Å². The van der Waals surface area contributed by atoms with Gasteiger partial charge in [0.05, 0.1) is 12.8 Å². The van der Waals surface area contributed by atoms with Crippen LogP contribution in [0.1, 0.15) is 24.8 Å². The molecule has 1 N–H and O–H groups in total. The van der Waals surface area contributed by atoms with Crippen molar-refractivity contribution in [2.45, 2.75) is 38.5 Å². The molecule has 0 aromatic carbocycles. The number of nitrogens with one attached hydrogen (secondary N) is 1. The Morgan fingerprint density at radius 1 is 1.56 bits per heavy atom. The Hall–Kier alpha value is -1.01. The molecule has 5 nitrogen and oxygen atoms in total. The van der Waals surface area contributed by atoms with Gasteiger partial charge >= 0.3 is 5.97 Å². The van der Waals surface area contributed by atoms with Gasteiger partial charge in [0.15, 0.2) is 0 Å². The van der Waals surface area contributed by atoms with Crippen LogP contribution in [0.15, 0.2) is 9.64 Å². The molecule has 0 bridgehead atoms. The van der Waals surface area contributed by atoms with E-state index in [1.165, 1.54) is 18.9 Å². The maximum Gasteiger partial charge on any atom is 0.323 e. The lowest BCUT2D eigenvalue weighted by Crippen LogP contribution is -2.40. The molecule has 0 aliphatic rings. The summed E-state index contributed by atoms with van der Waals surface area (Å²) in [6, 6.07) is -0.326. The second-order valence-electron chi connectivity index (χ2n) is 3.96. The second kappa shape index (κ2) is 7.43. The number of carbonyl (C=O) groups is 1. The Morgan fingerprint density at radius 2 is 2.28 bits per heavy atom. The van der Waals surface area contributed by atoms with E-state index in [4.69, 9.17) is 9.15 Å². The van der Waals surface area contributed by atoms with E-state index >= 15 is 0 Å². The van der Waals surface area contributed by atoms with Crippen LogP contribution < -0.4 is 5.32 Å². The summed E-state index contributed by atoms with van der Waals surface area (Å²) in [5.74, 6) is 1.11. The summed E-state index contributed by atoms with van der Waals surface area (Å²) in [6.45, 7) is 6.61. The number of hydrogen-bond acceptors (Lipinski definition) is 6. The van der Waals surface area contributed by atoms with Crippen LogP contribution in [0.3, 0.4) is 0 Å². The second-order valence-corrected chi connectivity index (χ2v) is 4.93. The number of rotatable bonds is 7. The van der Waals surface area contributed by atoms with E-state index in [0.29, 0.717) is 11.0 Å². The van der Waals surface area contributed by atoms with Gasteiger partial charge in [-0.2, -0.15) is 0 Å². The van der Waals surface area contributed by atoms with Gasteiger partial charge in [-0.3, -0.25) is 4.79 Å². The number of aromatic nitrogens is 1. The number of thioether (sulfide) groups is 1. The van der Waals surface area contributed by atoms with E-state index in [0.717, 1.165) is 24.4 Å². The molecule has 0 aliphatic heterocycles. The minimum Gasteiger partial charge on any atom is -0.468 e. The molecule has 1 rings (SSSR count). The Kier molecular flexibility index (Phi) is 6.21. The van der Waals surface area contributed by atoms with Crippen LogP contribution in [0.4, 0.5) is 0 Å². The number of carbonyl (C=O) groups excluding carboxylic acids is 1. The third kappa shape index (κ3) is 4.34. The van der Waals surface area contributed by atoms with Crippen molar-refractivity contribution in [3.8, 4) is 0 Å². The first kappa shape index (κ1) is 15.0. The first-order valence-electron chi connectivity index (χ1n) is 5.96. The molecule has 0 amide bonds. The molecule has 6 heteroatoms. The van der Waals surface area contributed by atoms with Crippen LogP contribution in [0.2, 0.25) is 0 Å². The summed E-state index contributed by atoms with van der Waals surface area (Å²) in [6.07, 6.45) is 0.968. The molecule has 0 saturated heterocycles. The number of oxazole rings is 1. The summed E-state index contributed by atoms with van der Waals surface area (Å²) >= 11 is 1.42. The maximum absolute atomic E-state index is 11.6. The van der Waals surface area contributed by atoms with Gasteiger partial charge in [0.2, 0.25) is 0 Å². The summed E-state index contributed by atoms with van der Waals surface area (Å²) in [5.41, 5.74) is 0.883. The maximum atomic E-state index is 11.6. The summed E-state index contributed by atoms with van der Waals surface area (Å²) in [5, 5.41) is 3.74. The highest BCUT2D eigenvalue weighted by Crippen LogP contribution is 2.21. The van der Waals surface area contributed by atoms with Crippen LogP contribution in [0.25, 0.3) is 0 Å². The molecule has 0 spiro atoms. The topological polar surface area (TPSA) is 64.4 Å². The van der Waals surface area contributed by atoms with Gasteiger partial charge in [-0.05, 0) is 26.8 Å². The largest absolute Gasteiger partial charge is 0.468 e. The summed E-state index contributed by atoms with van der Waals surface area (Å²) in [7, 11) is 1.40. The predicted octanol–water partition coefficient (Wildman–Crippen LogP) is 1.92. The molecule has 0 fully saturated rings. The van der Waals surface area contributed by atoms with Crippen molar-refractivity contribution in [2.24, 2.45) is 0 Å². The van der Waals surface area contributed by atoms with Gasteiger partial charge in [-0.1, -0.05) is 18.7 Å². The molecule has 1 unspecified atom stereocenters. The zero-order valence-corrected chi connectivity index (χ0v) is 12.1. The van der Waals surface area contributed by atoms with Crippen LogP contribution >= 0.6 is 11.8 Å². The van der Waals surface area contributed by atoms with Crippen molar-refractivity contribution in [2.75, 3.05) is 19.4 Å². The van der Waals surface area contributed by atoms with Crippen LogP contribution in [-0.4, -0.2) is 36.4 Å². The number of aryl methyl sites for hydroxylation is 2. The third-order valence-corrected chi connectivity index (χ3v) is 3.43. The molecule has 1 aromatic heterocycles. The average molecular weight is 272 g/mol. The molecule has 0 radical (unpaired) electrons. The normalized spacial score (nSPS) is 12.4. The number of methoxy groups -OCH3 is 1. The number of ether oxygens (including phenoxy) is 1. The van der Waals surface area contributed by atoms with Crippen LogP contribution in [-0.2, 0) is 9.53 Å². The summed E-state index contributed by atoms with van der Waals surface area (Å²) in [4.78, 5) is 15.8. The van der Waals surface area contributed by atoms with Crippen LogP contribution in [0.5, 0.6) is 0 Å². The number of nitrogens with zero attached hydrogens (tertiary/aromatic N) is 1. The monoisotopic (exact) mass is 272 g/mol. The number of hydrogen-bond donors (Lipinski definition) is 1. The van der Waals surface area contributed by atoms with Crippen LogP contribution in [0, 0.1) is 13.8 Å². The van der Waals surface area contributed by atoms with E-state index in [1.54, 1.807) is 0 Å². The average Bonchev–Trinajstić information content (AvgIpc) is 2.68. The smallest absolute Gasteiger partial charge is 0.323 e. The molecule has 1 atom stereocenters. The fourth-order valence-corrected chi connectivity index (χ4v) is 2.28. The first-order valence-corrected chi connectivity index (χ1v) is 6.95. The molecule has 0 saturated carbocycles. The Bertz CT molecular complexity index is 373. The SMILES string of the molecule is CCCNC(CSc1nc(C)c(C)o1)C(=O)OC. The lowest BCUT2D eigenvalue weighted by atomic mass is 10.3. The standard InChI is InChI=1S/C12H20N2O3S/c1-5-6-13-10(11(15)16-4)7-18-12-14-8(2)9(3)17-12/h10,13H,5-7H2,1-4H3. The zero-order valence-electron chi connectivity index (χ0n) is 11.3. The lowest BCUT2D eigenvalue weighted by Gasteiger charge is -2.14. The highest BCUT2D eigenvalue weighted by Gasteiger charge is 2.19. The fourth-order valence-electron chi connectivity index (χ4n) is 1.33. The molecular formula is C12H20N2O3S. The fraction of sp³-hybridized carbons (Fsp3) is 0.667. The predicted molar refractivity (Wildman–Crippen MR) is 70.8 cm³/mol. The van der Waals surface area contributed by atoms with Crippen molar-refractivity contribution in [1.82, 2.24) is 10.3 Å². The molecular weight excluding hydrogens is 252 g/mol. The van der Waals surface area contributed by atoms with E-state index in [2.05, 4.69) is 17.2 Å². The minimum atomic E-state index is -0.326. The van der Waals surface area contributed by atoms with E-state index in [1.807, 2.05) is 13.8 Å².